The maximum absolute atomic E-state index is 13.3. The molecule has 0 spiro atoms. The second-order valence-electron chi connectivity index (χ2n) is 9.48. The normalized spacial score (nSPS) is 18.2. The highest BCUT2D eigenvalue weighted by Gasteiger charge is 2.37. The number of ether oxygens (including phenoxy) is 1. The van der Waals surface area contributed by atoms with E-state index in [1.165, 1.54) is 0 Å². The van der Waals surface area contributed by atoms with Crippen LogP contribution in [0.2, 0.25) is 0 Å². The molecule has 0 bridgehead atoms. The van der Waals surface area contributed by atoms with E-state index in [1.807, 2.05) is 60.7 Å². The number of carbonyl (C=O) groups is 1. The van der Waals surface area contributed by atoms with Gasteiger partial charge < -0.3 is 15.0 Å². The zero-order valence-corrected chi connectivity index (χ0v) is 20.9. The van der Waals surface area contributed by atoms with Gasteiger partial charge in [0.2, 0.25) is 0 Å². The molecule has 0 radical (unpaired) electrons. The average molecular weight is 551 g/mol. The fraction of sp³-hybridized carbons (Fsp3) is 0.345. The topological polar surface area (TPSA) is 41.6 Å². The number of nitrogens with one attached hydrogen (secondary N) is 1. The largest absolute Gasteiger partial charge is 0.416 e. The summed E-state index contributed by atoms with van der Waals surface area (Å²) < 4.78 is 85.5. The number of hydrogen-bond donors (Lipinski definition) is 1. The number of halogens is 6. The molecule has 1 saturated heterocycles. The third-order valence-electron chi connectivity index (χ3n) is 6.71. The average Bonchev–Trinajstić information content (AvgIpc) is 2.91. The predicted octanol–water partition coefficient (Wildman–Crippen LogP) is 7.05. The summed E-state index contributed by atoms with van der Waals surface area (Å²) in [5.74, 6) is -0.312. The molecule has 0 saturated carbocycles. The first-order valence-corrected chi connectivity index (χ1v) is 12.5. The van der Waals surface area contributed by atoms with Gasteiger partial charge in [0.25, 0.3) is 0 Å². The van der Waals surface area contributed by atoms with Gasteiger partial charge in [-0.15, -0.1) is 0 Å². The molecular formula is C29H28F6N2O2. The van der Waals surface area contributed by atoms with Gasteiger partial charge in [0, 0.05) is 25.6 Å². The summed E-state index contributed by atoms with van der Waals surface area (Å²) in [6.07, 6.45) is -9.32. The Labute approximate surface area is 222 Å². The van der Waals surface area contributed by atoms with Crippen LogP contribution >= 0.6 is 0 Å². The first-order chi connectivity index (χ1) is 18.5. The van der Waals surface area contributed by atoms with E-state index in [0.717, 1.165) is 11.1 Å². The third-order valence-corrected chi connectivity index (χ3v) is 6.71. The number of alkyl halides is 6. The first-order valence-electron chi connectivity index (χ1n) is 12.5. The third kappa shape index (κ3) is 7.75. The van der Waals surface area contributed by atoms with Gasteiger partial charge in [0.1, 0.15) is 0 Å². The molecule has 1 N–H and O–H groups in total. The van der Waals surface area contributed by atoms with Crippen molar-refractivity contribution in [3.05, 3.63) is 107 Å². The quantitative estimate of drug-likeness (QED) is 0.321. The number of piperidine rings is 1. The molecule has 1 heterocycles. The molecule has 10 heteroatoms. The van der Waals surface area contributed by atoms with Gasteiger partial charge in [0.05, 0.1) is 23.8 Å². The van der Waals surface area contributed by atoms with Crippen LogP contribution < -0.4 is 5.32 Å². The Morgan fingerprint density at radius 3 is 2.03 bits per heavy atom. The summed E-state index contributed by atoms with van der Waals surface area (Å²) in [5.41, 5.74) is -1.01. The van der Waals surface area contributed by atoms with Crippen LogP contribution in [0.1, 0.15) is 40.2 Å². The number of benzene rings is 3. The summed E-state index contributed by atoms with van der Waals surface area (Å²) >= 11 is 0. The minimum absolute atomic E-state index is 0.102. The molecule has 1 aliphatic heterocycles. The Kier molecular flexibility index (Phi) is 8.84. The lowest BCUT2D eigenvalue weighted by atomic mass is 9.88. The molecule has 0 aliphatic carbocycles. The molecule has 0 aromatic heterocycles. The van der Waals surface area contributed by atoms with E-state index in [2.05, 4.69) is 5.32 Å². The maximum atomic E-state index is 13.3. The van der Waals surface area contributed by atoms with Crippen LogP contribution in [0.25, 0.3) is 0 Å². The van der Waals surface area contributed by atoms with Crippen LogP contribution in [0.15, 0.2) is 78.9 Å². The van der Waals surface area contributed by atoms with Gasteiger partial charge in [0.15, 0.2) is 0 Å². The molecule has 3 aromatic carbocycles. The Morgan fingerprint density at radius 1 is 0.846 bits per heavy atom. The van der Waals surface area contributed by atoms with Crippen molar-refractivity contribution in [2.75, 3.05) is 19.6 Å². The lowest BCUT2D eigenvalue weighted by Gasteiger charge is -2.38. The molecule has 208 valence electrons. The standard InChI is InChI=1S/C29H28F6N2O2/c30-28(31,32)23-15-21(16-24(17-23)29(33,34)35)19-39-26-12-14-37(18-25(26)22-9-5-2-6-10-22)27(38)36-13-11-20-7-3-1-4-8-20/h1-10,15-17,25-26H,11-14,18-19H2,(H,36,38)/t25-,26-/m1/s1. The van der Waals surface area contributed by atoms with Crippen LogP contribution in [0, 0.1) is 0 Å². The van der Waals surface area contributed by atoms with Crippen molar-refractivity contribution in [2.45, 2.75) is 43.8 Å². The number of likely N-dealkylation sites (tertiary alicyclic amines) is 1. The van der Waals surface area contributed by atoms with Crippen molar-refractivity contribution in [3.63, 3.8) is 0 Å². The summed E-state index contributed by atoms with van der Waals surface area (Å²) in [5, 5.41) is 2.92. The van der Waals surface area contributed by atoms with Crippen molar-refractivity contribution in [3.8, 4) is 0 Å². The van der Waals surface area contributed by atoms with Crippen molar-refractivity contribution < 1.29 is 35.9 Å². The molecule has 1 aliphatic rings. The van der Waals surface area contributed by atoms with E-state index in [-0.39, 0.29) is 23.6 Å². The van der Waals surface area contributed by atoms with Crippen molar-refractivity contribution in [2.24, 2.45) is 0 Å². The Hall–Kier alpha value is -3.53. The summed E-state index contributed by atoms with van der Waals surface area (Å²) in [6, 6.07) is 20.2. The number of urea groups is 1. The molecular weight excluding hydrogens is 522 g/mol. The fourth-order valence-electron chi connectivity index (χ4n) is 4.71. The monoisotopic (exact) mass is 550 g/mol. The molecule has 0 unspecified atom stereocenters. The SMILES string of the molecule is O=C(NCCc1ccccc1)N1CC[C@@H](OCc2cc(C(F)(F)F)cc(C(F)(F)F)c2)[C@@H](c2ccccc2)C1. The van der Waals surface area contributed by atoms with Gasteiger partial charge in [-0.1, -0.05) is 60.7 Å². The molecule has 2 atom stereocenters. The number of amides is 2. The second kappa shape index (κ2) is 12.1. The first kappa shape index (κ1) is 28.5. The van der Waals surface area contributed by atoms with E-state index in [9.17, 15) is 31.1 Å². The lowest BCUT2D eigenvalue weighted by Crippen LogP contribution is -2.49. The fourth-order valence-corrected chi connectivity index (χ4v) is 4.71. The van der Waals surface area contributed by atoms with E-state index >= 15 is 0 Å². The van der Waals surface area contributed by atoms with Crippen LogP contribution in [-0.4, -0.2) is 36.7 Å². The lowest BCUT2D eigenvalue weighted by molar-refractivity contribution is -0.143. The van der Waals surface area contributed by atoms with Gasteiger partial charge in [-0.25, -0.2) is 4.79 Å². The molecule has 39 heavy (non-hydrogen) atoms. The van der Waals surface area contributed by atoms with Gasteiger partial charge >= 0.3 is 18.4 Å². The Balaban J connectivity index is 1.45. The molecule has 3 aromatic rings. The zero-order valence-electron chi connectivity index (χ0n) is 20.9. The highest BCUT2D eigenvalue weighted by Crippen LogP contribution is 2.37. The van der Waals surface area contributed by atoms with E-state index in [0.29, 0.717) is 44.6 Å². The molecule has 4 rings (SSSR count). The number of carbonyl (C=O) groups excluding carboxylic acids is 1. The smallest absolute Gasteiger partial charge is 0.373 e. The van der Waals surface area contributed by atoms with Gasteiger partial charge in [-0.05, 0) is 47.7 Å². The molecule has 2 amide bonds. The molecule has 1 fully saturated rings. The van der Waals surface area contributed by atoms with Crippen molar-refractivity contribution in [1.82, 2.24) is 10.2 Å². The van der Waals surface area contributed by atoms with Crippen molar-refractivity contribution in [1.29, 1.82) is 0 Å². The van der Waals surface area contributed by atoms with Crippen LogP contribution in [0.3, 0.4) is 0 Å². The second-order valence-corrected chi connectivity index (χ2v) is 9.48. The Morgan fingerprint density at radius 2 is 1.44 bits per heavy atom. The summed E-state index contributed by atoms with van der Waals surface area (Å²) in [7, 11) is 0. The number of rotatable bonds is 7. The van der Waals surface area contributed by atoms with Gasteiger partial charge in [-0.2, -0.15) is 26.3 Å². The Bertz CT molecular complexity index is 1200. The van der Waals surface area contributed by atoms with Crippen molar-refractivity contribution >= 4 is 6.03 Å². The highest BCUT2D eigenvalue weighted by molar-refractivity contribution is 5.74. The minimum Gasteiger partial charge on any atom is -0.373 e. The van der Waals surface area contributed by atoms with E-state index in [4.69, 9.17) is 4.74 Å². The number of hydrogen-bond acceptors (Lipinski definition) is 2. The number of nitrogens with zero attached hydrogens (tertiary/aromatic N) is 1. The summed E-state index contributed by atoms with van der Waals surface area (Å²) in [4.78, 5) is 14.5. The highest BCUT2D eigenvalue weighted by atomic mass is 19.4. The van der Waals surface area contributed by atoms with Gasteiger partial charge in [-0.3, -0.25) is 0 Å². The summed E-state index contributed by atoms with van der Waals surface area (Å²) in [6.45, 7) is 0.653. The minimum atomic E-state index is -4.93. The molecule has 4 nitrogen and oxygen atoms in total. The zero-order chi connectivity index (χ0) is 28.0. The van der Waals surface area contributed by atoms with E-state index < -0.39 is 36.2 Å². The van der Waals surface area contributed by atoms with Crippen LogP contribution in [-0.2, 0) is 30.1 Å². The predicted molar refractivity (Wildman–Crippen MR) is 134 cm³/mol. The van der Waals surface area contributed by atoms with E-state index in [1.54, 1.807) is 4.90 Å². The maximum Gasteiger partial charge on any atom is 0.416 e. The van der Waals surface area contributed by atoms with Crippen LogP contribution in [0.4, 0.5) is 31.1 Å². The van der Waals surface area contributed by atoms with Crippen LogP contribution in [0.5, 0.6) is 0 Å².